The first-order valence-electron chi connectivity index (χ1n) is 9.89. The zero-order chi connectivity index (χ0) is 25.4. The summed E-state index contributed by atoms with van der Waals surface area (Å²) in [6.07, 6.45) is 3.06. The number of anilines is 2. The Labute approximate surface area is 203 Å². The van der Waals surface area contributed by atoms with Gasteiger partial charge in [0, 0.05) is 25.8 Å². The van der Waals surface area contributed by atoms with Gasteiger partial charge in [-0.2, -0.15) is 17.7 Å². The highest BCUT2D eigenvalue weighted by atomic mass is 35.5. The normalized spacial score (nSPS) is 20.5. The van der Waals surface area contributed by atoms with Crippen LogP contribution in [-0.2, 0) is 16.1 Å². The minimum absolute atomic E-state index is 0.0420. The number of alkyl halides is 2. The first-order chi connectivity index (χ1) is 16.1. The number of nitrogens with one attached hydrogen (secondary N) is 2. The topological polar surface area (TPSA) is 80.5 Å². The van der Waals surface area contributed by atoms with Crippen LogP contribution in [-0.4, -0.2) is 46.8 Å². The van der Waals surface area contributed by atoms with E-state index in [1.54, 1.807) is 6.26 Å². The lowest BCUT2D eigenvalue weighted by molar-refractivity contribution is -0.128. The van der Waals surface area contributed by atoms with Crippen molar-refractivity contribution in [2.24, 2.45) is 5.41 Å². The van der Waals surface area contributed by atoms with Crippen LogP contribution in [0.3, 0.4) is 0 Å². The largest absolute Gasteiger partial charge is 0.378 e. The fourth-order valence-electron chi connectivity index (χ4n) is 3.94. The van der Waals surface area contributed by atoms with Crippen molar-refractivity contribution >= 4 is 47.2 Å². The average Bonchev–Trinajstić information content (AvgIpc) is 3.07. The summed E-state index contributed by atoms with van der Waals surface area (Å²) in [5.74, 6) is -9.08. The zero-order valence-electron chi connectivity index (χ0n) is 18.6. The van der Waals surface area contributed by atoms with E-state index in [0.29, 0.717) is 11.3 Å². The number of benzene rings is 1. The minimum atomic E-state index is -3.52. The van der Waals surface area contributed by atoms with Crippen molar-refractivity contribution in [3.8, 4) is 0 Å². The van der Waals surface area contributed by atoms with Crippen molar-refractivity contribution in [2.45, 2.75) is 25.4 Å². The second-order valence-corrected chi connectivity index (χ2v) is 7.97. The molecule has 0 aliphatic heterocycles. The maximum Gasteiger partial charge on any atom is 0.271 e. The van der Waals surface area contributed by atoms with Crippen LogP contribution in [0.5, 0.6) is 0 Å². The van der Waals surface area contributed by atoms with Crippen molar-refractivity contribution in [3.05, 3.63) is 52.4 Å². The standard InChI is InChI=1S/C20H18ClF4N5O2.CH4S/c1-19(18(31)26-2)17(20(19,24)25)9-4-5-10(16(23)15(9)22)28-11-7-27-14-6-13(21)29-30(14)12(11)8-32-3;1-2/h4-7,17,28H,8H2,1-3H3,(H,26,31);2H,1H3. The number of carbonyl (C=O) groups excluding carboxylic acids is 1. The van der Waals surface area contributed by atoms with Crippen LogP contribution in [0.2, 0.25) is 5.15 Å². The molecule has 1 aliphatic carbocycles. The van der Waals surface area contributed by atoms with E-state index in [-0.39, 0.29) is 23.1 Å². The first-order valence-corrected chi connectivity index (χ1v) is 11.2. The molecule has 2 aromatic heterocycles. The quantitative estimate of drug-likeness (QED) is 0.328. The van der Waals surface area contributed by atoms with Crippen LogP contribution in [0.15, 0.2) is 24.4 Å². The Hall–Kier alpha value is -2.57. The Morgan fingerprint density at radius 2 is 1.94 bits per heavy atom. The Bertz CT molecular complexity index is 1240. The molecule has 34 heavy (non-hydrogen) atoms. The van der Waals surface area contributed by atoms with E-state index in [4.69, 9.17) is 16.3 Å². The van der Waals surface area contributed by atoms with Gasteiger partial charge in [0.15, 0.2) is 22.4 Å². The average molecular weight is 520 g/mol. The highest BCUT2D eigenvalue weighted by Gasteiger charge is 2.82. The summed E-state index contributed by atoms with van der Waals surface area (Å²) in [6.45, 7) is 1.06. The van der Waals surface area contributed by atoms with E-state index in [2.05, 4.69) is 33.3 Å². The molecule has 3 aromatic rings. The summed E-state index contributed by atoms with van der Waals surface area (Å²) in [6, 6.07) is 3.68. The van der Waals surface area contributed by atoms with Crippen molar-refractivity contribution in [1.82, 2.24) is 19.9 Å². The molecule has 1 amide bonds. The smallest absolute Gasteiger partial charge is 0.271 e. The molecule has 1 aromatic carbocycles. The number of hydrogen-bond acceptors (Lipinski definition) is 6. The van der Waals surface area contributed by atoms with Gasteiger partial charge >= 0.3 is 0 Å². The number of methoxy groups -OCH3 is 1. The molecule has 2 unspecified atom stereocenters. The molecule has 0 saturated heterocycles. The fraction of sp³-hybridized carbons (Fsp3) is 0.381. The van der Waals surface area contributed by atoms with Gasteiger partial charge in [0.05, 0.1) is 35.8 Å². The molecule has 0 radical (unpaired) electrons. The Kier molecular flexibility index (Phi) is 7.34. The highest BCUT2D eigenvalue weighted by Crippen LogP contribution is 2.71. The van der Waals surface area contributed by atoms with Gasteiger partial charge in [0.2, 0.25) is 5.91 Å². The number of amides is 1. The van der Waals surface area contributed by atoms with Crippen molar-refractivity contribution in [2.75, 3.05) is 25.7 Å². The van der Waals surface area contributed by atoms with Gasteiger partial charge in [-0.05, 0) is 19.2 Å². The van der Waals surface area contributed by atoms with Gasteiger partial charge in [-0.1, -0.05) is 17.7 Å². The van der Waals surface area contributed by atoms with E-state index in [0.717, 1.165) is 19.1 Å². The lowest BCUT2D eigenvalue weighted by Gasteiger charge is -2.15. The van der Waals surface area contributed by atoms with Crippen LogP contribution >= 0.6 is 24.2 Å². The van der Waals surface area contributed by atoms with E-state index in [9.17, 15) is 22.4 Å². The lowest BCUT2D eigenvalue weighted by atomic mass is 9.99. The molecule has 7 nitrogen and oxygen atoms in total. The molecule has 1 saturated carbocycles. The summed E-state index contributed by atoms with van der Waals surface area (Å²) in [5.41, 5.74) is -1.96. The predicted molar refractivity (Wildman–Crippen MR) is 123 cm³/mol. The van der Waals surface area contributed by atoms with Gasteiger partial charge in [-0.3, -0.25) is 4.79 Å². The second kappa shape index (κ2) is 9.59. The molecule has 4 rings (SSSR count). The molecule has 0 bridgehead atoms. The lowest BCUT2D eigenvalue weighted by Crippen LogP contribution is -2.31. The molecule has 1 fully saturated rings. The summed E-state index contributed by atoms with van der Waals surface area (Å²) < 4.78 is 65.1. The number of hydrogen-bond donors (Lipinski definition) is 3. The van der Waals surface area contributed by atoms with Crippen LogP contribution in [0.1, 0.15) is 24.1 Å². The summed E-state index contributed by atoms with van der Waals surface area (Å²) in [4.78, 5) is 16.1. The molecule has 2 atom stereocenters. The molecule has 2 heterocycles. The number of rotatable bonds is 6. The summed E-state index contributed by atoms with van der Waals surface area (Å²) in [5, 5.41) is 9.12. The van der Waals surface area contributed by atoms with E-state index < -0.39 is 40.4 Å². The highest BCUT2D eigenvalue weighted by molar-refractivity contribution is 7.79. The van der Waals surface area contributed by atoms with Crippen LogP contribution in [0.25, 0.3) is 5.65 Å². The number of nitrogens with zero attached hydrogens (tertiary/aromatic N) is 3. The molecular weight excluding hydrogens is 498 g/mol. The molecule has 184 valence electrons. The van der Waals surface area contributed by atoms with Crippen LogP contribution < -0.4 is 10.6 Å². The third kappa shape index (κ3) is 3.97. The SMILES string of the molecule is CNC(=O)C1(C)C(c2ccc(Nc3cnc4cc(Cl)nn4c3COC)c(F)c2F)C1(F)F.CS. The third-order valence-corrected chi connectivity index (χ3v) is 5.96. The Balaban J connectivity index is 0.00000158. The molecular formula is C21H22ClF4N5O2S. The number of aromatic nitrogens is 3. The maximum absolute atomic E-state index is 14.9. The van der Waals surface area contributed by atoms with Gasteiger partial charge in [-0.15, -0.1) is 0 Å². The Morgan fingerprint density at radius 3 is 2.56 bits per heavy atom. The maximum atomic E-state index is 14.9. The summed E-state index contributed by atoms with van der Waals surface area (Å²) >= 11 is 9.44. The Morgan fingerprint density at radius 1 is 1.26 bits per heavy atom. The third-order valence-electron chi connectivity index (χ3n) is 5.77. The van der Waals surface area contributed by atoms with Gasteiger partial charge < -0.3 is 15.4 Å². The van der Waals surface area contributed by atoms with E-state index in [1.807, 2.05) is 0 Å². The number of thiol groups is 1. The monoisotopic (exact) mass is 519 g/mol. The predicted octanol–water partition coefficient (Wildman–Crippen LogP) is 4.58. The van der Waals surface area contributed by atoms with Crippen LogP contribution in [0.4, 0.5) is 28.9 Å². The van der Waals surface area contributed by atoms with Gasteiger partial charge in [0.1, 0.15) is 5.41 Å². The number of halogens is 5. The van der Waals surface area contributed by atoms with Crippen molar-refractivity contribution in [1.29, 1.82) is 0 Å². The minimum Gasteiger partial charge on any atom is -0.378 e. The number of carbonyl (C=O) groups is 1. The summed E-state index contributed by atoms with van der Waals surface area (Å²) in [7, 11) is 2.65. The fourth-order valence-corrected chi connectivity index (χ4v) is 4.11. The first kappa shape index (κ1) is 26.0. The van der Waals surface area contributed by atoms with Crippen molar-refractivity contribution < 1.29 is 27.1 Å². The molecule has 0 spiro atoms. The van der Waals surface area contributed by atoms with E-state index in [1.165, 1.54) is 30.9 Å². The number of ether oxygens (including phenoxy) is 1. The molecule has 13 heteroatoms. The van der Waals surface area contributed by atoms with Crippen molar-refractivity contribution in [3.63, 3.8) is 0 Å². The van der Waals surface area contributed by atoms with Gasteiger partial charge in [-0.25, -0.2) is 27.1 Å². The molecule has 1 aliphatic rings. The molecule has 2 N–H and O–H groups in total. The van der Waals surface area contributed by atoms with E-state index >= 15 is 0 Å². The second-order valence-electron chi connectivity index (χ2n) is 7.58. The van der Waals surface area contributed by atoms with Gasteiger partial charge in [0.25, 0.3) is 5.92 Å². The van der Waals surface area contributed by atoms with Crippen LogP contribution in [0, 0.1) is 17.0 Å². The zero-order valence-corrected chi connectivity index (χ0v) is 20.2. The number of fused-ring (bicyclic) bond motifs is 1.